The van der Waals surface area contributed by atoms with Crippen molar-refractivity contribution in [2.75, 3.05) is 0 Å². The molecule has 0 saturated heterocycles. The van der Waals surface area contributed by atoms with E-state index in [2.05, 4.69) is 11.9 Å². The molecular weight excluding hydrogens is 298 g/mol. The Labute approximate surface area is 140 Å². The summed E-state index contributed by atoms with van der Waals surface area (Å²) in [5.41, 5.74) is 7.37. The Morgan fingerprint density at radius 1 is 1.25 bits per heavy atom. The molecule has 0 N–H and O–H groups in total. The van der Waals surface area contributed by atoms with Crippen LogP contribution < -0.4 is 0 Å². The first-order chi connectivity index (χ1) is 11.7. The summed E-state index contributed by atoms with van der Waals surface area (Å²) in [5.74, 6) is 2.21. The molecule has 2 aliphatic carbocycles. The van der Waals surface area contributed by atoms with Crippen LogP contribution in [0, 0.1) is 12.8 Å². The summed E-state index contributed by atoms with van der Waals surface area (Å²) in [7, 11) is 0. The lowest BCUT2D eigenvalue weighted by Gasteiger charge is -2.21. The molecule has 120 valence electrons. The van der Waals surface area contributed by atoms with Crippen LogP contribution in [0.3, 0.4) is 0 Å². The molecule has 0 saturated carbocycles. The van der Waals surface area contributed by atoms with Crippen LogP contribution in [0.5, 0.6) is 0 Å². The zero-order chi connectivity index (χ0) is 16.3. The maximum atomic E-state index is 4.88. The van der Waals surface area contributed by atoms with Crippen LogP contribution in [0.1, 0.15) is 43.3 Å². The first kappa shape index (κ1) is 13.8. The van der Waals surface area contributed by atoms with Gasteiger partial charge in [-0.05, 0) is 49.8 Å². The molecule has 0 spiro atoms. The van der Waals surface area contributed by atoms with E-state index in [1.165, 1.54) is 36.1 Å². The quantitative estimate of drug-likeness (QED) is 0.688. The predicted molar refractivity (Wildman–Crippen MR) is 92.4 cm³/mol. The minimum absolute atomic E-state index is 0.585. The van der Waals surface area contributed by atoms with Gasteiger partial charge in [0.1, 0.15) is 5.82 Å². The monoisotopic (exact) mass is 317 g/mol. The van der Waals surface area contributed by atoms with Crippen LogP contribution >= 0.6 is 0 Å². The summed E-state index contributed by atoms with van der Waals surface area (Å²) in [6, 6.07) is 3.92. The van der Waals surface area contributed by atoms with Gasteiger partial charge in [0, 0.05) is 29.9 Å². The van der Waals surface area contributed by atoms with Crippen molar-refractivity contribution in [3.8, 4) is 11.4 Å². The van der Waals surface area contributed by atoms with Crippen molar-refractivity contribution in [2.45, 2.75) is 39.5 Å². The fourth-order valence-electron chi connectivity index (χ4n) is 4.21. The third kappa shape index (κ3) is 1.87. The van der Waals surface area contributed by atoms with Gasteiger partial charge in [0.2, 0.25) is 0 Å². The zero-order valence-electron chi connectivity index (χ0n) is 14.0. The number of hydrogen-bond donors (Lipinski definition) is 0. The maximum absolute atomic E-state index is 4.88. The van der Waals surface area contributed by atoms with E-state index in [4.69, 9.17) is 15.1 Å². The lowest BCUT2D eigenvalue weighted by Crippen LogP contribution is -2.07. The molecule has 5 nitrogen and oxygen atoms in total. The largest absolute Gasteiger partial charge is 0.264 e. The van der Waals surface area contributed by atoms with E-state index < -0.39 is 0 Å². The molecule has 0 aliphatic heterocycles. The zero-order valence-corrected chi connectivity index (χ0v) is 14.0. The number of hydrogen-bond acceptors (Lipinski definition) is 4. The standard InChI is InChI=1S/C19H19N5/c1-11-5-3-6-13-9-15-17(16(11)13)19-22-18(14-7-4-8-20-10-14)23-24(19)12(2)21-15/h4,7-8,10-11H,3,5-6,9H2,1-2H3/t11-/m0/s1. The Balaban J connectivity index is 1.78. The van der Waals surface area contributed by atoms with Gasteiger partial charge in [-0.25, -0.2) is 9.97 Å². The van der Waals surface area contributed by atoms with Crippen molar-refractivity contribution >= 4 is 11.2 Å². The van der Waals surface area contributed by atoms with Crippen molar-refractivity contribution in [1.29, 1.82) is 0 Å². The topological polar surface area (TPSA) is 56.0 Å². The van der Waals surface area contributed by atoms with E-state index in [0.717, 1.165) is 29.3 Å². The molecule has 24 heavy (non-hydrogen) atoms. The summed E-state index contributed by atoms with van der Waals surface area (Å²) >= 11 is 0. The second-order valence-electron chi connectivity index (χ2n) is 6.88. The molecule has 0 aromatic carbocycles. The molecule has 0 fully saturated rings. The Kier molecular flexibility index (Phi) is 2.86. The fourth-order valence-corrected chi connectivity index (χ4v) is 4.21. The lowest BCUT2D eigenvalue weighted by molar-refractivity contribution is 0.586. The van der Waals surface area contributed by atoms with Crippen molar-refractivity contribution in [3.05, 3.63) is 47.2 Å². The van der Waals surface area contributed by atoms with Crippen molar-refractivity contribution in [1.82, 2.24) is 24.6 Å². The summed E-state index contributed by atoms with van der Waals surface area (Å²) in [6.45, 7) is 4.34. The van der Waals surface area contributed by atoms with E-state index in [-0.39, 0.29) is 0 Å². The van der Waals surface area contributed by atoms with Crippen LogP contribution in [0.2, 0.25) is 0 Å². The molecule has 2 aliphatic rings. The van der Waals surface area contributed by atoms with E-state index in [0.29, 0.717) is 5.92 Å². The Hall–Kier alpha value is -2.56. The average Bonchev–Trinajstić information content (AvgIpc) is 3.18. The summed E-state index contributed by atoms with van der Waals surface area (Å²) in [5, 5.41) is 4.70. The number of nitrogens with zero attached hydrogens (tertiary/aromatic N) is 5. The minimum atomic E-state index is 0.585. The van der Waals surface area contributed by atoms with Crippen LogP contribution in [-0.2, 0) is 6.42 Å². The van der Waals surface area contributed by atoms with Crippen molar-refractivity contribution in [2.24, 2.45) is 5.92 Å². The summed E-state index contributed by atoms with van der Waals surface area (Å²) in [6.07, 6.45) is 8.31. The molecule has 3 heterocycles. The maximum Gasteiger partial charge on any atom is 0.183 e. The van der Waals surface area contributed by atoms with Crippen LogP contribution in [0.4, 0.5) is 0 Å². The number of fused-ring (bicyclic) bond motifs is 4. The van der Waals surface area contributed by atoms with E-state index >= 15 is 0 Å². The van der Waals surface area contributed by atoms with Gasteiger partial charge >= 0.3 is 0 Å². The number of aromatic nitrogens is 5. The Morgan fingerprint density at radius 3 is 3.00 bits per heavy atom. The van der Waals surface area contributed by atoms with Crippen LogP contribution in [0.15, 0.2) is 30.1 Å². The minimum Gasteiger partial charge on any atom is -0.264 e. The highest BCUT2D eigenvalue weighted by Crippen LogP contribution is 2.45. The number of rotatable bonds is 1. The molecule has 0 radical (unpaired) electrons. The Bertz CT molecular complexity index is 984. The lowest BCUT2D eigenvalue weighted by atomic mass is 9.84. The van der Waals surface area contributed by atoms with Gasteiger partial charge in [-0.3, -0.25) is 4.98 Å². The molecule has 5 rings (SSSR count). The van der Waals surface area contributed by atoms with Crippen molar-refractivity contribution < 1.29 is 0 Å². The molecule has 3 aromatic heterocycles. The predicted octanol–water partition coefficient (Wildman–Crippen LogP) is 3.62. The second kappa shape index (κ2) is 4.97. The van der Waals surface area contributed by atoms with E-state index in [1.807, 2.05) is 29.8 Å². The summed E-state index contributed by atoms with van der Waals surface area (Å²) < 4.78 is 1.90. The van der Waals surface area contributed by atoms with Gasteiger partial charge < -0.3 is 0 Å². The average molecular weight is 317 g/mol. The van der Waals surface area contributed by atoms with Gasteiger partial charge in [0.05, 0.1) is 5.69 Å². The van der Waals surface area contributed by atoms with Gasteiger partial charge in [0.25, 0.3) is 0 Å². The highest BCUT2D eigenvalue weighted by atomic mass is 15.3. The van der Waals surface area contributed by atoms with Gasteiger partial charge in [-0.2, -0.15) is 4.52 Å². The molecule has 5 heteroatoms. The van der Waals surface area contributed by atoms with E-state index in [1.54, 1.807) is 11.8 Å². The number of pyridine rings is 1. The normalized spacial score (nSPS) is 19.7. The highest BCUT2D eigenvalue weighted by molar-refractivity contribution is 5.85. The third-order valence-electron chi connectivity index (χ3n) is 5.28. The number of allylic oxidation sites excluding steroid dienone is 2. The van der Waals surface area contributed by atoms with Crippen LogP contribution in [0.25, 0.3) is 22.6 Å². The van der Waals surface area contributed by atoms with E-state index in [9.17, 15) is 0 Å². The van der Waals surface area contributed by atoms with Gasteiger partial charge in [0.15, 0.2) is 11.5 Å². The molecule has 1 atom stereocenters. The Morgan fingerprint density at radius 2 is 2.17 bits per heavy atom. The highest BCUT2D eigenvalue weighted by Gasteiger charge is 2.32. The van der Waals surface area contributed by atoms with Gasteiger partial charge in [-0.15, -0.1) is 5.10 Å². The summed E-state index contributed by atoms with van der Waals surface area (Å²) in [4.78, 5) is 13.9. The third-order valence-corrected chi connectivity index (χ3v) is 5.28. The second-order valence-corrected chi connectivity index (χ2v) is 6.88. The SMILES string of the molecule is Cc1nc2c(c3nc(-c4cccnc4)nn13)C1=C(CCC[C@@H]1C)C2. The first-order valence-electron chi connectivity index (χ1n) is 8.61. The molecular formula is C19H19N5. The van der Waals surface area contributed by atoms with Crippen molar-refractivity contribution in [3.63, 3.8) is 0 Å². The molecule has 0 amide bonds. The smallest absolute Gasteiger partial charge is 0.183 e. The van der Waals surface area contributed by atoms with Crippen LogP contribution in [-0.4, -0.2) is 24.6 Å². The number of aryl methyl sites for hydroxylation is 1. The molecule has 0 bridgehead atoms. The van der Waals surface area contributed by atoms with Gasteiger partial charge in [-0.1, -0.05) is 12.5 Å². The fraction of sp³-hybridized carbons (Fsp3) is 0.368. The first-order valence-corrected chi connectivity index (χ1v) is 8.61. The molecule has 3 aromatic rings. The molecule has 0 unspecified atom stereocenters.